The maximum absolute atomic E-state index is 13.3. The molecule has 0 aliphatic rings. The average Bonchev–Trinajstić information content (AvgIpc) is 3.31. The maximum Gasteiger partial charge on any atom is 0.306 e. The van der Waals surface area contributed by atoms with E-state index >= 15 is 0 Å². The standard InChI is InChI=1S/C60H113NO5/c1-4-7-10-13-16-19-22-25-28-29-30-32-35-38-41-44-47-50-53-60(65)66-56(51-48-45-42-39-36-33-31-26-23-20-17-14-11-8-5-2)54-59(64)61-57(55-62)58(63)52-49-46-43-40-37-34-27-24-21-18-15-12-9-6-3/h22,25,28-30,32,56-58,62-63H,4-21,23-24,26-27,31,33-55H2,1-3H3,(H,61,64)/b25-22+,29-28+,32-30+. The van der Waals surface area contributed by atoms with Crippen LogP contribution in [-0.2, 0) is 14.3 Å². The summed E-state index contributed by atoms with van der Waals surface area (Å²) in [6.07, 6.45) is 64.9. The molecule has 0 aliphatic carbocycles. The van der Waals surface area contributed by atoms with E-state index in [0.29, 0.717) is 19.3 Å². The zero-order chi connectivity index (χ0) is 48.1. The summed E-state index contributed by atoms with van der Waals surface area (Å²) in [6.45, 7) is 6.50. The van der Waals surface area contributed by atoms with E-state index in [1.54, 1.807) is 0 Å². The average molecular weight is 929 g/mol. The van der Waals surface area contributed by atoms with Crippen LogP contribution in [0.15, 0.2) is 36.5 Å². The van der Waals surface area contributed by atoms with Crippen LogP contribution in [0.1, 0.15) is 310 Å². The summed E-state index contributed by atoms with van der Waals surface area (Å²) in [7, 11) is 0. The number of unbranched alkanes of at least 4 members (excludes halogenated alkanes) is 37. The summed E-state index contributed by atoms with van der Waals surface area (Å²) >= 11 is 0. The second-order valence-corrected chi connectivity index (χ2v) is 20.1. The Balaban J connectivity index is 4.57. The summed E-state index contributed by atoms with van der Waals surface area (Å²) in [5, 5.41) is 23.9. The Bertz CT molecular complexity index is 1090. The van der Waals surface area contributed by atoms with Crippen molar-refractivity contribution in [1.82, 2.24) is 5.32 Å². The van der Waals surface area contributed by atoms with E-state index in [4.69, 9.17) is 4.74 Å². The van der Waals surface area contributed by atoms with Gasteiger partial charge in [0.15, 0.2) is 0 Å². The first-order valence-electron chi connectivity index (χ1n) is 29.2. The van der Waals surface area contributed by atoms with Gasteiger partial charge in [-0.15, -0.1) is 0 Å². The van der Waals surface area contributed by atoms with Gasteiger partial charge in [0.05, 0.1) is 25.2 Å². The van der Waals surface area contributed by atoms with Gasteiger partial charge in [0.25, 0.3) is 0 Å². The largest absolute Gasteiger partial charge is 0.462 e. The Hall–Kier alpha value is -1.92. The van der Waals surface area contributed by atoms with Crippen LogP contribution < -0.4 is 5.32 Å². The Labute approximate surface area is 411 Å². The zero-order valence-corrected chi connectivity index (χ0v) is 44.3. The Morgan fingerprint density at radius 3 is 1.15 bits per heavy atom. The molecule has 0 aromatic heterocycles. The molecule has 6 nitrogen and oxygen atoms in total. The number of hydrogen-bond donors (Lipinski definition) is 3. The molecule has 0 aliphatic heterocycles. The Morgan fingerprint density at radius 2 is 0.773 bits per heavy atom. The van der Waals surface area contributed by atoms with Crippen molar-refractivity contribution < 1.29 is 24.5 Å². The number of aliphatic hydroxyl groups excluding tert-OH is 2. The number of allylic oxidation sites excluding steroid dienone is 6. The minimum atomic E-state index is -0.789. The Kier molecular flexibility index (Phi) is 52.5. The first-order valence-corrected chi connectivity index (χ1v) is 29.2. The number of carbonyl (C=O) groups excluding carboxylic acids is 2. The molecule has 66 heavy (non-hydrogen) atoms. The summed E-state index contributed by atoms with van der Waals surface area (Å²) in [5.74, 6) is -0.479. The van der Waals surface area contributed by atoms with Crippen molar-refractivity contribution in [3.8, 4) is 0 Å². The molecule has 0 bridgehead atoms. The molecule has 0 aromatic rings. The van der Waals surface area contributed by atoms with Gasteiger partial charge in [-0.1, -0.05) is 282 Å². The fraction of sp³-hybridized carbons (Fsp3) is 0.867. The van der Waals surface area contributed by atoms with Gasteiger partial charge >= 0.3 is 5.97 Å². The highest BCUT2D eigenvalue weighted by molar-refractivity contribution is 5.77. The molecule has 0 rings (SSSR count). The van der Waals surface area contributed by atoms with Gasteiger partial charge in [0.2, 0.25) is 5.91 Å². The smallest absolute Gasteiger partial charge is 0.306 e. The second-order valence-electron chi connectivity index (χ2n) is 20.1. The first kappa shape index (κ1) is 64.1. The normalized spacial score (nSPS) is 13.3. The quantitative estimate of drug-likeness (QED) is 0.0321. The number of amides is 1. The van der Waals surface area contributed by atoms with Crippen LogP contribution in [0.2, 0.25) is 0 Å². The highest BCUT2D eigenvalue weighted by Gasteiger charge is 2.24. The van der Waals surface area contributed by atoms with Crippen LogP contribution >= 0.6 is 0 Å². The van der Waals surface area contributed by atoms with Gasteiger partial charge in [-0.2, -0.15) is 0 Å². The van der Waals surface area contributed by atoms with Crippen LogP contribution in [0.25, 0.3) is 0 Å². The van der Waals surface area contributed by atoms with Gasteiger partial charge in [-0.05, 0) is 51.4 Å². The lowest BCUT2D eigenvalue weighted by atomic mass is 10.0. The number of rotatable bonds is 53. The van der Waals surface area contributed by atoms with E-state index in [1.807, 2.05) is 0 Å². The van der Waals surface area contributed by atoms with Crippen LogP contribution in [-0.4, -0.2) is 46.9 Å². The van der Waals surface area contributed by atoms with E-state index in [1.165, 1.54) is 199 Å². The molecular weight excluding hydrogens is 815 g/mol. The number of hydrogen-bond acceptors (Lipinski definition) is 5. The molecule has 6 heteroatoms. The topological polar surface area (TPSA) is 95.9 Å². The molecule has 0 radical (unpaired) electrons. The lowest BCUT2D eigenvalue weighted by molar-refractivity contribution is -0.151. The van der Waals surface area contributed by atoms with Gasteiger partial charge in [-0.3, -0.25) is 9.59 Å². The second kappa shape index (κ2) is 54.0. The van der Waals surface area contributed by atoms with Crippen LogP contribution in [0, 0.1) is 0 Å². The van der Waals surface area contributed by atoms with Crippen LogP contribution in [0.5, 0.6) is 0 Å². The lowest BCUT2D eigenvalue weighted by Crippen LogP contribution is -2.46. The van der Waals surface area contributed by atoms with Crippen LogP contribution in [0.3, 0.4) is 0 Å². The molecule has 0 fully saturated rings. The van der Waals surface area contributed by atoms with Gasteiger partial charge in [0.1, 0.15) is 6.10 Å². The van der Waals surface area contributed by atoms with Crippen molar-refractivity contribution in [3.63, 3.8) is 0 Å². The van der Waals surface area contributed by atoms with E-state index in [-0.39, 0.29) is 24.9 Å². The number of ether oxygens (including phenoxy) is 1. The lowest BCUT2D eigenvalue weighted by Gasteiger charge is -2.24. The SMILES string of the molecule is CCCCCCC/C=C/C=C/C=C/CCCCCCCC(=O)OC(CCCCCCCCCCCCCCCCC)CC(=O)NC(CO)C(O)CCCCCCCCCCCCCCCC. The number of carbonyl (C=O) groups is 2. The van der Waals surface area contributed by atoms with Crippen molar-refractivity contribution in [2.24, 2.45) is 0 Å². The summed E-state index contributed by atoms with van der Waals surface area (Å²) in [6, 6.07) is -0.703. The van der Waals surface area contributed by atoms with Gasteiger partial charge < -0.3 is 20.3 Å². The van der Waals surface area contributed by atoms with E-state index in [9.17, 15) is 19.8 Å². The Morgan fingerprint density at radius 1 is 0.439 bits per heavy atom. The van der Waals surface area contributed by atoms with Gasteiger partial charge in [-0.25, -0.2) is 0 Å². The minimum Gasteiger partial charge on any atom is -0.462 e. The van der Waals surface area contributed by atoms with Crippen molar-refractivity contribution in [2.45, 2.75) is 328 Å². The van der Waals surface area contributed by atoms with Crippen molar-refractivity contribution in [3.05, 3.63) is 36.5 Å². The first-order chi connectivity index (χ1) is 32.5. The molecule has 0 saturated heterocycles. The third kappa shape index (κ3) is 48.5. The number of aliphatic hydroxyl groups is 2. The third-order valence-electron chi connectivity index (χ3n) is 13.5. The molecule has 0 aromatic carbocycles. The van der Waals surface area contributed by atoms with Crippen molar-refractivity contribution in [1.29, 1.82) is 0 Å². The van der Waals surface area contributed by atoms with Crippen LogP contribution in [0.4, 0.5) is 0 Å². The van der Waals surface area contributed by atoms with E-state index in [2.05, 4.69) is 62.5 Å². The van der Waals surface area contributed by atoms with E-state index in [0.717, 1.165) is 64.2 Å². The fourth-order valence-electron chi connectivity index (χ4n) is 9.08. The monoisotopic (exact) mass is 928 g/mol. The molecule has 388 valence electrons. The summed E-state index contributed by atoms with van der Waals surface area (Å²) in [5.41, 5.74) is 0. The van der Waals surface area contributed by atoms with E-state index < -0.39 is 18.2 Å². The molecule has 0 saturated carbocycles. The molecule has 0 spiro atoms. The minimum absolute atomic E-state index is 0.0739. The summed E-state index contributed by atoms with van der Waals surface area (Å²) < 4.78 is 5.96. The molecule has 1 amide bonds. The molecule has 3 unspecified atom stereocenters. The predicted octanol–water partition coefficient (Wildman–Crippen LogP) is 18.0. The fourth-order valence-corrected chi connectivity index (χ4v) is 9.08. The molecule has 3 N–H and O–H groups in total. The number of nitrogens with one attached hydrogen (secondary N) is 1. The number of esters is 1. The van der Waals surface area contributed by atoms with Gasteiger partial charge in [0, 0.05) is 6.42 Å². The third-order valence-corrected chi connectivity index (χ3v) is 13.5. The highest BCUT2D eigenvalue weighted by atomic mass is 16.5. The molecule has 3 atom stereocenters. The van der Waals surface area contributed by atoms with Crippen molar-refractivity contribution in [2.75, 3.05) is 6.61 Å². The zero-order valence-electron chi connectivity index (χ0n) is 44.3. The molecular formula is C60H113NO5. The molecule has 0 heterocycles. The predicted molar refractivity (Wildman–Crippen MR) is 287 cm³/mol. The highest BCUT2D eigenvalue weighted by Crippen LogP contribution is 2.19. The maximum atomic E-state index is 13.3. The van der Waals surface area contributed by atoms with Crippen molar-refractivity contribution >= 4 is 11.9 Å². The summed E-state index contributed by atoms with van der Waals surface area (Å²) in [4.78, 5) is 26.3.